The first-order valence-corrected chi connectivity index (χ1v) is 9.42. The average Bonchev–Trinajstić information content (AvgIpc) is 2.80. The number of nitrogens with one attached hydrogen (secondary N) is 1. The van der Waals surface area contributed by atoms with Crippen LogP contribution < -0.4 is 11.2 Å². The Kier molecular flexibility index (Phi) is 6.16. The van der Waals surface area contributed by atoms with Gasteiger partial charge in [0.15, 0.2) is 6.23 Å². The van der Waals surface area contributed by atoms with Gasteiger partial charge in [-0.2, -0.15) is 0 Å². The standard InChI is InChI=1S/C13H20N2O5S2/c1-3-4-21-22-10-9(17)8(6-16)20-12(10)15-5-7(2)11(18)14-13(15)19/h5,8-10,12,16-17H,3-4,6H2,1-2H3,(H,14,18,19)/t8?,9-,10?,12+/m0/s1. The first kappa shape index (κ1) is 17.6. The Morgan fingerprint density at radius 1 is 1.45 bits per heavy atom. The third-order valence-electron chi connectivity index (χ3n) is 3.38. The van der Waals surface area contributed by atoms with E-state index in [0.29, 0.717) is 5.56 Å². The fraction of sp³-hybridized carbons (Fsp3) is 0.692. The highest BCUT2D eigenvalue weighted by Gasteiger charge is 2.45. The lowest BCUT2D eigenvalue weighted by molar-refractivity contribution is -0.0457. The number of aromatic nitrogens is 2. The van der Waals surface area contributed by atoms with Crippen LogP contribution in [0.15, 0.2) is 15.8 Å². The van der Waals surface area contributed by atoms with Crippen molar-refractivity contribution in [3.8, 4) is 0 Å². The molecule has 1 fully saturated rings. The van der Waals surface area contributed by atoms with E-state index in [1.165, 1.54) is 21.6 Å². The molecule has 1 aliphatic rings. The number of hydrogen-bond donors (Lipinski definition) is 3. The van der Waals surface area contributed by atoms with Gasteiger partial charge in [0.25, 0.3) is 5.56 Å². The quantitative estimate of drug-likeness (QED) is 0.500. The minimum absolute atomic E-state index is 0.329. The molecule has 2 rings (SSSR count). The second-order valence-corrected chi connectivity index (χ2v) is 7.76. The minimum Gasteiger partial charge on any atom is -0.394 e. The second kappa shape index (κ2) is 7.69. The molecule has 0 aliphatic carbocycles. The molecule has 0 bridgehead atoms. The monoisotopic (exact) mass is 348 g/mol. The van der Waals surface area contributed by atoms with Gasteiger partial charge in [-0.1, -0.05) is 28.5 Å². The molecule has 124 valence electrons. The molecule has 3 N–H and O–H groups in total. The van der Waals surface area contributed by atoms with E-state index in [9.17, 15) is 19.8 Å². The van der Waals surface area contributed by atoms with Crippen molar-refractivity contribution in [1.82, 2.24) is 9.55 Å². The highest BCUT2D eigenvalue weighted by atomic mass is 33.1. The van der Waals surface area contributed by atoms with Crippen molar-refractivity contribution in [3.63, 3.8) is 0 Å². The number of ether oxygens (including phenoxy) is 1. The summed E-state index contributed by atoms with van der Waals surface area (Å²) in [5.41, 5.74) is -0.643. The molecular weight excluding hydrogens is 328 g/mol. The summed E-state index contributed by atoms with van der Waals surface area (Å²) in [7, 11) is 3.02. The molecule has 0 aromatic carbocycles. The van der Waals surface area contributed by atoms with Gasteiger partial charge >= 0.3 is 5.69 Å². The summed E-state index contributed by atoms with van der Waals surface area (Å²) in [6, 6.07) is 0. The molecule has 0 amide bonds. The molecule has 2 unspecified atom stereocenters. The van der Waals surface area contributed by atoms with Crippen LogP contribution in [0.1, 0.15) is 25.1 Å². The third kappa shape index (κ3) is 3.60. The molecule has 4 atom stereocenters. The molecule has 0 saturated carbocycles. The Bertz CT molecular complexity index is 617. The second-order valence-electron chi connectivity index (χ2n) is 5.10. The van der Waals surface area contributed by atoms with Gasteiger partial charge in [-0.05, 0) is 13.3 Å². The molecule has 0 spiro atoms. The molecule has 1 aromatic heterocycles. The first-order valence-electron chi connectivity index (χ1n) is 7.04. The van der Waals surface area contributed by atoms with Crippen LogP contribution in [-0.4, -0.2) is 49.6 Å². The van der Waals surface area contributed by atoms with Crippen molar-refractivity contribution in [1.29, 1.82) is 0 Å². The lowest BCUT2D eigenvalue weighted by atomic mass is 10.2. The van der Waals surface area contributed by atoms with Crippen LogP contribution in [0.4, 0.5) is 0 Å². The smallest absolute Gasteiger partial charge is 0.330 e. The van der Waals surface area contributed by atoms with E-state index in [1.54, 1.807) is 17.7 Å². The number of H-pyrrole nitrogens is 1. The van der Waals surface area contributed by atoms with Crippen LogP contribution in [0.2, 0.25) is 0 Å². The van der Waals surface area contributed by atoms with Gasteiger partial charge in [-0.25, -0.2) is 4.79 Å². The maximum absolute atomic E-state index is 12.0. The van der Waals surface area contributed by atoms with Gasteiger partial charge in [0.1, 0.15) is 6.10 Å². The third-order valence-corrected chi connectivity index (χ3v) is 6.40. The molecule has 22 heavy (non-hydrogen) atoms. The number of aromatic amines is 1. The van der Waals surface area contributed by atoms with E-state index < -0.39 is 34.9 Å². The Balaban J connectivity index is 2.31. The van der Waals surface area contributed by atoms with Crippen LogP contribution in [0, 0.1) is 6.92 Å². The summed E-state index contributed by atoms with van der Waals surface area (Å²) >= 11 is 0. The molecule has 9 heteroatoms. The maximum atomic E-state index is 12.0. The number of nitrogens with zero attached hydrogens (tertiary/aromatic N) is 1. The van der Waals surface area contributed by atoms with Crippen molar-refractivity contribution in [3.05, 3.63) is 32.6 Å². The molecule has 7 nitrogen and oxygen atoms in total. The lowest BCUT2D eigenvalue weighted by Gasteiger charge is -2.21. The van der Waals surface area contributed by atoms with Crippen molar-refractivity contribution in [2.45, 2.75) is 44.0 Å². The highest BCUT2D eigenvalue weighted by molar-refractivity contribution is 8.77. The fourth-order valence-corrected chi connectivity index (χ4v) is 5.07. The summed E-state index contributed by atoms with van der Waals surface area (Å²) < 4.78 is 6.91. The van der Waals surface area contributed by atoms with Gasteiger partial charge in [0.05, 0.1) is 18.0 Å². The molecule has 1 aliphatic heterocycles. The van der Waals surface area contributed by atoms with Crippen LogP contribution in [0.5, 0.6) is 0 Å². The van der Waals surface area contributed by atoms with Crippen LogP contribution in [0.25, 0.3) is 0 Å². The van der Waals surface area contributed by atoms with Crippen molar-refractivity contribution in [2.75, 3.05) is 12.4 Å². The molecule has 1 aromatic rings. The van der Waals surface area contributed by atoms with E-state index in [4.69, 9.17) is 4.74 Å². The van der Waals surface area contributed by atoms with Crippen molar-refractivity contribution in [2.24, 2.45) is 0 Å². The van der Waals surface area contributed by atoms with E-state index in [1.807, 2.05) is 0 Å². The number of rotatable bonds is 6. The Labute approximate surface area is 135 Å². The Morgan fingerprint density at radius 2 is 2.18 bits per heavy atom. The van der Waals surface area contributed by atoms with Gasteiger partial charge in [0, 0.05) is 17.5 Å². The normalized spacial score (nSPS) is 28.2. The van der Waals surface area contributed by atoms with E-state index >= 15 is 0 Å². The zero-order chi connectivity index (χ0) is 16.3. The molecule has 2 heterocycles. The average molecular weight is 348 g/mol. The largest absolute Gasteiger partial charge is 0.394 e. The number of aliphatic hydroxyl groups excluding tert-OH is 2. The summed E-state index contributed by atoms with van der Waals surface area (Å²) in [5.74, 6) is 0.907. The predicted octanol–water partition coefficient (Wildman–Crippen LogP) is 0.256. The highest BCUT2D eigenvalue weighted by Crippen LogP contribution is 2.42. The van der Waals surface area contributed by atoms with Crippen LogP contribution in [-0.2, 0) is 4.74 Å². The van der Waals surface area contributed by atoms with E-state index in [-0.39, 0.29) is 6.61 Å². The van der Waals surface area contributed by atoms with E-state index in [2.05, 4.69) is 11.9 Å². The summed E-state index contributed by atoms with van der Waals surface area (Å²) in [5, 5.41) is 19.2. The van der Waals surface area contributed by atoms with Crippen LogP contribution in [0.3, 0.4) is 0 Å². The zero-order valence-corrected chi connectivity index (χ0v) is 14.0. The summed E-state index contributed by atoms with van der Waals surface area (Å²) in [6.45, 7) is 3.32. The number of hydrogen-bond acceptors (Lipinski definition) is 7. The molecular formula is C13H20N2O5S2. The van der Waals surface area contributed by atoms with E-state index in [0.717, 1.165) is 12.2 Å². The van der Waals surface area contributed by atoms with Gasteiger partial charge in [0.2, 0.25) is 0 Å². The molecule has 1 saturated heterocycles. The maximum Gasteiger partial charge on any atom is 0.330 e. The van der Waals surface area contributed by atoms with Crippen molar-refractivity contribution >= 4 is 21.6 Å². The van der Waals surface area contributed by atoms with Gasteiger partial charge in [-0.15, -0.1) is 0 Å². The van der Waals surface area contributed by atoms with Gasteiger partial charge < -0.3 is 14.9 Å². The predicted molar refractivity (Wildman–Crippen MR) is 87.2 cm³/mol. The summed E-state index contributed by atoms with van der Waals surface area (Å²) in [4.78, 5) is 25.7. The zero-order valence-electron chi connectivity index (χ0n) is 12.4. The Morgan fingerprint density at radius 3 is 2.82 bits per heavy atom. The lowest BCUT2D eigenvalue weighted by Crippen LogP contribution is -2.37. The number of aliphatic hydroxyl groups is 2. The fourth-order valence-electron chi connectivity index (χ4n) is 2.18. The first-order chi connectivity index (χ1) is 10.5. The molecule has 0 radical (unpaired) electrons. The SMILES string of the molecule is CCCSSC1[C@@H](O)C(CO)O[C@H]1n1cc(C)c(=O)[nH]c1=O. The number of aryl methyl sites for hydroxylation is 1. The minimum atomic E-state index is -0.886. The van der Waals surface area contributed by atoms with Crippen LogP contribution >= 0.6 is 21.6 Å². The Hall–Kier alpha value is -0.740. The summed E-state index contributed by atoms with van der Waals surface area (Å²) in [6.07, 6.45) is 0.0562. The van der Waals surface area contributed by atoms with Gasteiger partial charge in [-0.3, -0.25) is 14.3 Å². The van der Waals surface area contributed by atoms with Crippen molar-refractivity contribution < 1.29 is 14.9 Å². The topological polar surface area (TPSA) is 105 Å².